The zero-order valence-corrected chi connectivity index (χ0v) is 20.2. The molecule has 0 saturated carbocycles. The fraction of sp³-hybridized carbons (Fsp3) is 0.480. The molecule has 8 heteroatoms. The number of ether oxygens (including phenoxy) is 2. The topological polar surface area (TPSA) is 72.2 Å². The van der Waals surface area contributed by atoms with Gasteiger partial charge in [-0.2, -0.15) is 5.10 Å². The SMILES string of the molecule is CCN1CCN(C(=O)CCc2c(C)nc3cc(-c4ccc(OC)cc4OC)nn3c2C)CC1. The summed E-state index contributed by atoms with van der Waals surface area (Å²) in [5.74, 6) is 1.64. The number of benzene rings is 1. The van der Waals surface area contributed by atoms with E-state index in [-0.39, 0.29) is 5.91 Å². The molecule has 0 atom stereocenters. The first-order chi connectivity index (χ1) is 15.9. The maximum Gasteiger partial charge on any atom is 0.222 e. The molecule has 1 aliphatic heterocycles. The monoisotopic (exact) mass is 451 g/mol. The predicted molar refractivity (Wildman–Crippen MR) is 128 cm³/mol. The van der Waals surface area contributed by atoms with Gasteiger partial charge in [-0.25, -0.2) is 9.50 Å². The number of methoxy groups -OCH3 is 2. The Balaban J connectivity index is 1.56. The van der Waals surface area contributed by atoms with E-state index in [0.29, 0.717) is 18.6 Å². The largest absolute Gasteiger partial charge is 0.497 e. The van der Waals surface area contributed by atoms with Gasteiger partial charge in [0.1, 0.15) is 11.5 Å². The molecule has 1 fully saturated rings. The van der Waals surface area contributed by atoms with Crippen molar-refractivity contribution in [1.29, 1.82) is 0 Å². The zero-order chi connectivity index (χ0) is 23.5. The smallest absolute Gasteiger partial charge is 0.222 e. The van der Waals surface area contributed by atoms with E-state index in [9.17, 15) is 4.79 Å². The zero-order valence-electron chi connectivity index (χ0n) is 20.2. The summed E-state index contributed by atoms with van der Waals surface area (Å²) in [4.78, 5) is 22.0. The molecule has 2 aromatic heterocycles. The molecule has 0 aliphatic carbocycles. The molecule has 33 heavy (non-hydrogen) atoms. The summed E-state index contributed by atoms with van der Waals surface area (Å²) in [5.41, 5.74) is 5.48. The summed E-state index contributed by atoms with van der Waals surface area (Å²) in [5, 5.41) is 4.82. The molecule has 1 amide bonds. The van der Waals surface area contributed by atoms with Gasteiger partial charge in [-0.1, -0.05) is 6.92 Å². The van der Waals surface area contributed by atoms with Crippen molar-refractivity contribution in [3.63, 3.8) is 0 Å². The van der Waals surface area contributed by atoms with Crippen LogP contribution in [0.4, 0.5) is 0 Å². The number of piperazine rings is 1. The highest BCUT2D eigenvalue weighted by atomic mass is 16.5. The van der Waals surface area contributed by atoms with Gasteiger partial charge in [0.25, 0.3) is 0 Å². The van der Waals surface area contributed by atoms with E-state index in [2.05, 4.69) is 11.8 Å². The first kappa shape index (κ1) is 23.0. The van der Waals surface area contributed by atoms with Gasteiger partial charge in [-0.3, -0.25) is 4.79 Å². The molecular weight excluding hydrogens is 418 g/mol. The van der Waals surface area contributed by atoms with Crippen molar-refractivity contribution in [3.05, 3.63) is 41.2 Å². The van der Waals surface area contributed by atoms with Crippen LogP contribution in [-0.4, -0.2) is 77.2 Å². The minimum absolute atomic E-state index is 0.216. The number of hydrogen-bond donors (Lipinski definition) is 0. The van der Waals surface area contributed by atoms with Crippen LogP contribution in [0.3, 0.4) is 0 Å². The van der Waals surface area contributed by atoms with E-state index in [4.69, 9.17) is 19.6 Å². The molecule has 1 aromatic carbocycles. The van der Waals surface area contributed by atoms with Gasteiger partial charge in [0.15, 0.2) is 5.65 Å². The van der Waals surface area contributed by atoms with E-state index in [1.807, 2.05) is 47.5 Å². The van der Waals surface area contributed by atoms with Gasteiger partial charge >= 0.3 is 0 Å². The highest BCUT2D eigenvalue weighted by Gasteiger charge is 2.21. The number of fused-ring (bicyclic) bond motifs is 1. The molecule has 0 unspecified atom stereocenters. The van der Waals surface area contributed by atoms with Gasteiger partial charge in [0.2, 0.25) is 5.91 Å². The summed E-state index contributed by atoms with van der Waals surface area (Å²) in [6.45, 7) is 10.8. The molecule has 8 nitrogen and oxygen atoms in total. The molecule has 176 valence electrons. The minimum atomic E-state index is 0.216. The van der Waals surface area contributed by atoms with Crippen LogP contribution in [0.5, 0.6) is 11.5 Å². The number of hydrogen-bond acceptors (Lipinski definition) is 6. The predicted octanol–water partition coefficient (Wildman–Crippen LogP) is 3.13. The Labute approximate surface area is 195 Å². The lowest BCUT2D eigenvalue weighted by Gasteiger charge is -2.34. The molecule has 3 heterocycles. The number of rotatable bonds is 7. The second-order valence-corrected chi connectivity index (χ2v) is 8.44. The van der Waals surface area contributed by atoms with Gasteiger partial charge in [-0.05, 0) is 44.5 Å². The third-order valence-corrected chi connectivity index (χ3v) is 6.61. The number of carbonyl (C=O) groups excluding carboxylic acids is 1. The van der Waals surface area contributed by atoms with Crippen molar-refractivity contribution in [3.8, 4) is 22.8 Å². The van der Waals surface area contributed by atoms with Crippen molar-refractivity contribution >= 4 is 11.6 Å². The molecule has 1 saturated heterocycles. The van der Waals surface area contributed by atoms with E-state index >= 15 is 0 Å². The highest BCUT2D eigenvalue weighted by molar-refractivity contribution is 5.77. The van der Waals surface area contributed by atoms with Crippen molar-refractivity contribution in [1.82, 2.24) is 24.4 Å². The standard InChI is InChI=1S/C25H33N5O3/c1-6-28-11-13-29(14-12-28)25(31)10-9-20-17(2)26-24-16-22(27-30(24)18(20)3)21-8-7-19(32-4)15-23(21)33-5/h7-8,15-16H,6,9-14H2,1-5H3. The molecule has 0 radical (unpaired) electrons. The first-order valence-corrected chi connectivity index (χ1v) is 11.5. The van der Waals surface area contributed by atoms with Crippen LogP contribution in [0, 0.1) is 13.8 Å². The number of likely N-dealkylation sites (N-methyl/N-ethyl adjacent to an activating group) is 1. The van der Waals surface area contributed by atoms with Crippen LogP contribution < -0.4 is 9.47 Å². The Morgan fingerprint density at radius 2 is 1.82 bits per heavy atom. The molecular formula is C25H33N5O3. The number of nitrogens with zero attached hydrogens (tertiary/aromatic N) is 5. The second-order valence-electron chi connectivity index (χ2n) is 8.44. The second kappa shape index (κ2) is 9.79. The molecule has 0 N–H and O–H groups in total. The van der Waals surface area contributed by atoms with Crippen molar-refractivity contribution in [2.45, 2.75) is 33.6 Å². The third-order valence-electron chi connectivity index (χ3n) is 6.61. The summed E-state index contributed by atoms with van der Waals surface area (Å²) in [6, 6.07) is 7.65. The molecule has 0 bridgehead atoms. The highest BCUT2D eigenvalue weighted by Crippen LogP contribution is 2.33. The molecule has 0 spiro atoms. The van der Waals surface area contributed by atoms with E-state index in [0.717, 1.165) is 72.3 Å². The van der Waals surface area contributed by atoms with Crippen LogP contribution in [0.15, 0.2) is 24.3 Å². The number of amides is 1. The third kappa shape index (κ3) is 4.66. The lowest BCUT2D eigenvalue weighted by atomic mass is 10.1. The van der Waals surface area contributed by atoms with Gasteiger partial charge in [0.05, 0.1) is 19.9 Å². The number of aryl methyl sites for hydroxylation is 2. The van der Waals surface area contributed by atoms with Gasteiger partial charge in [-0.15, -0.1) is 0 Å². The maximum absolute atomic E-state index is 12.8. The van der Waals surface area contributed by atoms with E-state index in [1.54, 1.807) is 14.2 Å². The lowest BCUT2D eigenvalue weighted by molar-refractivity contribution is -0.132. The Morgan fingerprint density at radius 1 is 1.06 bits per heavy atom. The number of carbonyl (C=O) groups is 1. The summed E-state index contributed by atoms with van der Waals surface area (Å²) in [7, 11) is 3.27. The Kier molecular flexibility index (Phi) is 6.83. The Morgan fingerprint density at radius 3 is 2.48 bits per heavy atom. The Hall–Kier alpha value is -3.13. The van der Waals surface area contributed by atoms with Crippen LogP contribution in [0.2, 0.25) is 0 Å². The van der Waals surface area contributed by atoms with Crippen LogP contribution in [0.25, 0.3) is 16.9 Å². The molecule has 3 aromatic rings. The fourth-order valence-corrected chi connectivity index (χ4v) is 4.53. The van der Waals surface area contributed by atoms with E-state index in [1.165, 1.54) is 0 Å². The molecule has 4 rings (SSSR count). The lowest BCUT2D eigenvalue weighted by Crippen LogP contribution is -2.48. The summed E-state index contributed by atoms with van der Waals surface area (Å²) < 4.78 is 12.7. The quantitative estimate of drug-likeness (QED) is 0.550. The average molecular weight is 452 g/mol. The average Bonchev–Trinajstić information content (AvgIpc) is 3.27. The van der Waals surface area contributed by atoms with Gasteiger partial charge in [0, 0.05) is 61.7 Å². The fourth-order valence-electron chi connectivity index (χ4n) is 4.53. The van der Waals surface area contributed by atoms with Crippen molar-refractivity contribution in [2.24, 2.45) is 0 Å². The summed E-state index contributed by atoms with van der Waals surface area (Å²) in [6.07, 6.45) is 1.15. The van der Waals surface area contributed by atoms with E-state index < -0.39 is 0 Å². The molecule has 1 aliphatic rings. The Bertz CT molecular complexity index is 1150. The normalized spacial score (nSPS) is 14.6. The minimum Gasteiger partial charge on any atom is -0.497 e. The van der Waals surface area contributed by atoms with Crippen molar-refractivity contribution < 1.29 is 14.3 Å². The van der Waals surface area contributed by atoms with Gasteiger partial charge < -0.3 is 19.3 Å². The van der Waals surface area contributed by atoms with Crippen molar-refractivity contribution in [2.75, 3.05) is 46.9 Å². The summed E-state index contributed by atoms with van der Waals surface area (Å²) >= 11 is 0. The first-order valence-electron chi connectivity index (χ1n) is 11.5. The number of aromatic nitrogens is 3. The van der Waals surface area contributed by atoms with Crippen LogP contribution in [-0.2, 0) is 11.2 Å². The van der Waals surface area contributed by atoms with Crippen LogP contribution >= 0.6 is 0 Å². The van der Waals surface area contributed by atoms with Crippen LogP contribution in [0.1, 0.15) is 30.3 Å². The maximum atomic E-state index is 12.8.